The molecule has 1 aromatic carbocycles. The Labute approximate surface area is 131 Å². The molecule has 0 aromatic heterocycles. The third kappa shape index (κ3) is 4.11. The van der Waals surface area contributed by atoms with E-state index in [0.717, 1.165) is 29.8 Å². The molecule has 2 N–H and O–H groups in total. The van der Waals surface area contributed by atoms with Crippen molar-refractivity contribution in [3.8, 4) is 0 Å². The Morgan fingerprint density at radius 3 is 2.65 bits per heavy atom. The number of benzene rings is 1. The van der Waals surface area contributed by atoms with Crippen LogP contribution >= 0.6 is 24.0 Å². The molecule has 1 atom stereocenters. The number of halogens is 2. The van der Waals surface area contributed by atoms with Crippen molar-refractivity contribution in [3.63, 3.8) is 0 Å². The molecule has 1 aliphatic carbocycles. The van der Waals surface area contributed by atoms with Gasteiger partial charge in [0.05, 0.1) is 6.04 Å². The highest BCUT2D eigenvalue weighted by Gasteiger charge is 2.36. The van der Waals surface area contributed by atoms with Crippen LogP contribution in [0.5, 0.6) is 0 Å². The molecule has 1 fully saturated rings. The first kappa shape index (κ1) is 17.3. The fourth-order valence-corrected chi connectivity index (χ4v) is 2.73. The van der Waals surface area contributed by atoms with Crippen LogP contribution in [-0.4, -0.2) is 23.4 Å². The van der Waals surface area contributed by atoms with E-state index < -0.39 is 0 Å². The lowest BCUT2D eigenvalue weighted by Gasteiger charge is -2.30. The zero-order valence-corrected chi connectivity index (χ0v) is 13.3. The van der Waals surface area contributed by atoms with Gasteiger partial charge in [0.2, 0.25) is 5.91 Å². The van der Waals surface area contributed by atoms with Gasteiger partial charge in [0.15, 0.2) is 0 Å². The van der Waals surface area contributed by atoms with E-state index in [-0.39, 0.29) is 24.4 Å². The van der Waals surface area contributed by atoms with Gasteiger partial charge in [-0.1, -0.05) is 29.8 Å². The van der Waals surface area contributed by atoms with Crippen molar-refractivity contribution < 1.29 is 4.79 Å². The van der Waals surface area contributed by atoms with Gasteiger partial charge in [0, 0.05) is 17.5 Å². The molecule has 0 heterocycles. The summed E-state index contributed by atoms with van der Waals surface area (Å²) in [5, 5.41) is 0.729. The summed E-state index contributed by atoms with van der Waals surface area (Å²) in [5.41, 5.74) is 6.51. The highest BCUT2D eigenvalue weighted by molar-refractivity contribution is 6.31. The molecule has 0 bridgehead atoms. The molecule has 0 saturated heterocycles. The van der Waals surface area contributed by atoms with Gasteiger partial charge in [0.1, 0.15) is 0 Å². The third-order valence-electron chi connectivity index (χ3n) is 3.60. The maximum Gasteiger partial charge on any atom is 0.223 e. The van der Waals surface area contributed by atoms with Crippen molar-refractivity contribution in [2.24, 2.45) is 5.73 Å². The Hall–Kier alpha value is -0.770. The molecule has 1 saturated carbocycles. The van der Waals surface area contributed by atoms with Crippen LogP contribution in [0.2, 0.25) is 5.02 Å². The van der Waals surface area contributed by atoms with Gasteiger partial charge in [0.25, 0.3) is 0 Å². The first-order valence-corrected chi connectivity index (χ1v) is 7.28. The second-order valence-electron chi connectivity index (χ2n) is 5.12. The average Bonchev–Trinajstić information content (AvgIpc) is 3.21. The number of rotatable bonds is 6. The smallest absolute Gasteiger partial charge is 0.223 e. The molecule has 3 nitrogen and oxygen atoms in total. The van der Waals surface area contributed by atoms with Crippen LogP contribution in [0.15, 0.2) is 24.3 Å². The Bertz CT molecular complexity index is 449. The molecule has 5 heteroatoms. The normalized spacial score (nSPS) is 15.3. The molecule has 20 heavy (non-hydrogen) atoms. The zero-order chi connectivity index (χ0) is 13.8. The summed E-state index contributed by atoms with van der Waals surface area (Å²) in [6.45, 7) is 2.62. The number of amides is 1. The van der Waals surface area contributed by atoms with Crippen LogP contribution in [0.4, 0.5) is 0 Å². The molecule has 1 aromatic rings. The van der Waals surface area contributed by atoms with Crippen LogP contribution in [0.25, 0.3) is 0 Å². The lowest BCUT2D eigenvalue weighted by Crippen LogP contribution is -2.35. The van der Waals surface area contributed by atoms with Gasteiger partial charge in [-0.2, -0.15) is 0 Å². The second kappa shape index (κ2) is 7.87. The second-order valence-corrected chi connectivity index (χ2v) is 5.53. The first-order chi connectivity index (χ1) is 9.15. The topological polar surface area (TPSA) is 46.3 Å². The molecule has 112 valence electrons. The van der Waals surface area contributed by atoms with Gasteiger partial charge < -0.3 is 10.6 Å². The zero-order valence-electron chi connectivity index (χ0n) is 11.7. The molecular formula is C15H22Cl2N2O. The molecule has 2 rings (SSSR count). The summed E-state index contributed by atoms with van der Waals surface area (Å²) in [6.07, 6.45) is 3.48. The molecule has 0 aliphatic heterocycles. The van der Waals surface area contributed by atoms with Gasteiger partial charge in [-0.3, -0.25) is 4.79 Å². The van der Waals surface area contributed by atoms with Crippen molar-refractivity contribution in [1.29, 1.82) is 0 Å². The number of hydrogen-bond acceptors (Lipinski definition) is 2. The highest BCUT2D eigenvalue weighted by Crippen LogP contribution is 2.36. The van der Waals surface area contributed by atoms with Crippen molar-refractivity contribution in [3.05, 3.63) is 34.9 Å². The standard InChI is InChI=1S/C15H21ClN2O.ClH/c1-11(13-5-2-3-6-14(13)16)18(12-8-9-12)15(19)7-4-10-17;/h2-3,5-6,11-12H,4,7-10,17H2,1H3;1H. The number of hydrogen-bond donors (Lipinski definition) is 1. The van der Waals surface area contributed by atoms with Gasteiger partial charge in [-0.25, -0.2) is 0 Å². The van der Waals surface area contributed by atoms with Gasteiger partial charge in [-0.15, -0.1) is 12.4 Å². The van der Waals surface area contributed by atoms with Crippen molar-refractivity contribution in [1.82, 2.24) is 4.90 Å². The SMILES string of the molecule is CC(c1ccccc1Cl)N(C(=O)CCCN)C1CC1.Cl. The van der Waals surface area contributed by atoms with Crippen molar-refractivity contribution in [2.75, 3.05) is 6.54 Å². The van der Waals surface area contributed by atoms with E-state index in [2.05, 4.69) is 6.92 Å². The lowest BCUT2D eigenvalue weighted by atomic mass is 10.1. The fourth-order valence-electron chi connectivity index (χ4n) is 2.43. The molecule has 1 amide bonds. The van der Waals surface area contributed by atoms with E-state index in [1.807, 2.05) is 29.2 Å². The summed E-state index contributed by atoms with van der Waals surface area (Å²) in [7, 11) is 0. The fraction of sp³-hybridized carbons (Fsp3) is 0.533. The predicted octanol–water partition coefficient (Wildman–Crippen LogP) is 3.55. The summed E-state index contributed by atoms with van der Waals surface area (Å²) in [5.74, 6) is 0.195. The minimum Gasteiger partial charge on any atom is -0.333 e. The summed E-state index contributed by atoms with van der Waals surface area (Å²) < 4.78 is 0. The van der Waals surface area contributed by atoms with Gasteiger partial charge >= 0.3 is 0 Å². The minimum atomic E-state index is 0. The number of nitrogens with zero attached hydrogens (tertiary/aromatic N) is 1. The molecule has 1 unspecified atom stereocenters. The van der Waals surface area contributed by atoms with Crippen LogP contribution in [0.1, 0.15) is 44.2 Å². The van der Waals surface area contributed by atoms with Crippen LogP contribution in [0, 0.1) is 0 Å². The largest absolute Gasteiger partial charge is 0.333 e. The van der Waals surface area contributed by atoms with Crippen LogP contribution < -0.4 is 5.73 Å². The van der Waals surface area contributed by atoms with E-state index in [1.54, 1.807) is 0 Å². The maximum atomic E-state index is 12.3. The van der Waals surface area contributed by atoms with Gasteiger partial charge in [-0.05, 0) is 44.4 Å². The molecule has 0 radical (unpaired) electrons. The van der Waals surface area contributed by atoms with E-state index in [1.165, 1.54) is 0 Å². The molecular weight excluding hydrogens is 295 g/mol. The Morgan fingerprint density at radius 1 is 1.45 bits per heavy atom. The van der Waals surface area contributed by atoms with E-state index in [4.69, 9.17) is 17.3 Å². The minimum absolute atomic E-state index is 0. The molecule has 0 spiro atoms. The average molecular weight is 317 g/mol. The summed E-state index contributed by atoms with van der Waals surface area (Å²) in [4.78, 5) is 14.3. The van der Waals surface area contributed by atoms with E-state index >= 15 is 0 Å². The Balaban J connectivity index is 0.00000200. The quantitative estimate of drug-likeness (QED) is 0.872. The van der Waals surface area contributed by atoms with Crippen molar-refractivity contribution in [2.45, 2.75) is 44.7 Å². The van der Waals surface area contributed by atoms with Crippen LogP contribution in [-0.2, 0) is 4.79 Å². The van der Waals surface area contributed by atoms with E-state index in [0.29, 0.717) is 19.0 Å². The summed E-state index contributed by atoms with van der Waals surface area (Å²) in [6, 6.07) is 8.17. The summed E-state index contributed by atoms with van der Waals surface area (Å²) >= 11 is 6.24. The maximum absolute atomic E-state index is 12.3. The first-order valence-electron chi connectivity index (χ1n) is 6.90. The number of nitrogens with two attached hydrogens (primary N) is 1. The monoisotopic (exact) mass is 316 g/mol. The Kier molecular flexibility index (Phi) is 6.80. The Morgan fingerprint density at radius 2 is 2.10 bits per heavy atom. The number of carbonyl (C=O) groups excluding carboxylic acids is 1. The lowest BCUT2D eigenvalue weighted by molar-refractivity contribution is -0.134. The van der Waals surface area contributed by atoms with Crippen molar-refractivity contribution >= 4 is 29.9 Å². The third-order valence-corrected chi connectivity index (χ3v) is 3.94. The predicted molar refractivity (Wildman–Crippen MR) is 85.3 cm³/mol. The number of carbonyl (C=O) groups is 1. The molecule has 1 aliphatic rings. The highest BCUT2D eigenvalue weighted by atomic mass is 35.5. The van der Waals surface area contributed by atoms with E-state index in [9.17, 15) is 4.79 Å². The van der Waals surface area contributed by atoms with Crippen LogP contribution in [0.3, 0.4) is 0 Å².